The van der Waals surface area contributed by atoms with Gasteiger partial charge in [-0.15, -0.1) is 16.4 Å². The molecule has 0 unspecified atom stereocenters. The van der Waals surface area contributed by atoms with E-state index in [4.69, 9.17) is 24.3 Å². The molecule has 194 valence electrons. The van der Waals surface area contributed by atoms with Crippen LogP contribution in [0.25, 0.3) is 31.8 Å². The van der Waals surface area contributed by atoms with Gasteiger partial charge in [0.15, 0.2) is 5.75 Å². The van der Waals surface area contributed by atoms with E-state index in [1.54, 1.807) is 24.6 Å². The molecule has 1 amide bonds. The van der Waals surface area contributed by atoms with E-state index in [-0.39, 0.29) is 6.61 Å². The van der Waals surface area contributed by atoms with Crippen molar-refractivity contribution < 1.29 is 19.1 Å². The number of carbonyl (C=O) groups excluding carboxylic acids is 1. The topological polar surface area (TPSA) is 86.7 Å². The molecule has 0 aliphatic rings. The molecule has 0 aliphatic heterocycles. The third-order valence-corrected chi connectivity index (χ3v) is 6.97. The lowest BCUT2D eigenvalue weighted by molar-refractivity contribution is -0.0465. The van der Waals surface area contributed by atoms with Gasteiger partial charge in [0.1, 0.15) is 11.6 Å². The van der Waals surface area contributed by atoms with E-state index in [1.165, 1.54) is 5.06 Å². The summed E-state index contributed by atoms with van der Waals surface area (Å²) in [5.74, 6) is 0.543. The van der Waals surface area contributed by atoms with E-state index >= 15 is 0 Å². The van der Waals surface area contributed by atoms with Gasteiger partial charge in [0.05, 0.1) is 46.3 Å². The highest BCUT2D eigenvalue weighted by atomic mass is 32.1. The number of nitrogens with zero attached hydrogens (tertiary/aromatic N) is 4. The van der Waals surface area contributed by atoms with E-state index in [2.05, 4.69) is 11.1 Å². The van der Waals surface area contributed by atoms with Gasteiger partial charge < -0.3 is 14.3 Å². The van der Waals surface area contributed by atoms with Crippen molar-refractivity contribution in [2.24, 2.45) is 0 Å². The number of ether oxygens (including phenoxy) is 2. The number of aryl methyl sites for hydroxylation is 2. The number of methoxy groups -OCH3 is 1. The SMILES string of the molecule is CCN(Oc1cc(C)c2nc(-c3cc(C)cc4nc(COC)cnc34)sc2c1)C(=O)OCc1ccccc1. The second kappa shape index (κ2) is 11.1. The van der Waals surface area contributed by atoms with Gasteiger partial charge >= 0.3 is 6.09 Å². The van der Waals surface area contributed by atoms with Crippen LogP contribution in [0.1, 0.15) is 29.3 Å². The van der Waals surface area contributed by atoms with Gasteiger partial charge in [-0.2, -0.15) is 0 Å². The summed E-state index contributed by atoms with van der Waals surface area (Å²) >= 11 is 1.55. The molecule has 0 radical (unpaired) electrons. The Morgan fingerprint density at radius 1 is 1.00 bits per heavy atom. The Morgan fingerprint density at radius 3 is 2.58 bits per heavy atom. The van der Waals surface area contributed by atoms with Crippen molar-refractivity contribution in [2.75, 3.05) is 13.7 Å². The summed E-state index contributed by atoms with van der Waals surface area (Å²) in [5, 5.41) is 2.06. The Kier molecular flexibility index (Phi) is 7.48. The molecule has 0 saturated carbocycles. The van der Waals surface area contributed by atoms with E-state index in [0.29, 0.717) is 18.9 Å². The molecule has 3 aromatic carbocycles. The number of thiazole rings is 1. The van der Waals surface area contributed by atoms with Crippen LogP contribution in [-0.4, -0.2) is 39.8 Å². The minimum atomic E-state index is -0.545. The predicted octanol–water partition coefficient (Wildman–Crippen LogP) is 6.62. The van der Waals surface area contributed by atoms with Crippen LogP contribution in [0.2, 0.25) is 0 Å². The number of benzene rings is 3. The highest BCUT2D eigenvalue weighted by Gasteiger charge is 2.19. The van der Waals surface area contributed by atoms with Gasteiger partial charge in [-0.1, -0.05) is 30.3 Å². The molecule has 9 heteroatoms. The molecule has 0 saturated heterocycles. The van der Waals surface area contributed by atoms with Gasteiger partial charge in [-0.05, 0) is 55.7 Å². The number of fused-ring (bicyclic) bond motifs is 2. The van der Waals surface area contributed by atoms with E-state index in [9.17, 15) is 4.79 Å². The smallest absolute Gasteiger partial charge is 0.442 e. The van der Waals surface area contributed by atoms with Crippen LogP contribution in [0.4, 0.5) is 4.79 Å². The monoisotopic (exact) mass is 528 g/mol. The molecule has 0 fully saturated rings. The molecule has 0 bridgehead atoms. The summed E-state index contributed by atoms with van der Waals surface area (Å²) in [6, 6.07) is 17.4. The van der Waals surface area contributed by atoms with E-state index in [0.717, 1.165) is 54.2 Å². The zero-order chi connectivity index (χ0) is 26.6. The van der Waals surface area contributed by atoms with Crippen molar-refractivity contribution in [2.45, 2.75) is 34.0 Å². The fourth-order valence-electron chi connectivity index (χ4n) is 4.17. The predicted molar refractivity (Wildman–Crippen MR) is 148 cm³/mol. The fourth-order valence-corrected chi connectivity index (χ4v) is 5.26. The standard InChI is InChI=1S/C29H28N4O4S/c1-5-33(29(34)36-16-20-9-7-6-8-10-20)37-22-13-19(3)26-25(14-22)38-28(32-26)23-11-18(2)12-24-27(23)30-15-21(31-24)17-35-4/h6-15H,5,16-17H2,1-4H3. The zero-order valence-corrected chi connectivity index (χ0v) is 22.5. The first kappa shape index (κ1) is 25.6. The summed E-state index contributed by atoms with van der Waals surface area (Å²) in [7, 11) is 1.64. The second-order valence-corrected chi connectivity index (χ2v) is 9.94. The third kappa shape index (κ3) is 5.44. The molecule has 2 heterocycles. The van der Waals surface area contributed by atoms with Gasteiger partial charge in [0, 0.05) is 18.7 Å². The Balaban J connectivity index is 1.42. The van der Waals surface area contributed by atoms with E-state index < -0.39 is 6.09 Å². The first-order chi connectivity index (χ1) is 18.4. The fraction of sp³-hybridized carbons (Fsp3) is 0.241. The van der Waals surface area contributed by atoms with Crippen molar-refractivity contribution in [3.05, 3.63) is 83.2 Å². The number of aromatic nitrogens is 3. The quantitative estimate of drug-likeness (QED) is 0.209. The van der Waals surface area contributed by atoms with Crippen LogP contribution >= 0.6 is 11.3 Å². The van der Waals surface area contributed by atoms with Crippen LogP contribution in [-0.2, 0) is 22.7 Å². The van der Waals surface area contributed by atoms with Crippen LogP contribution in [0.3, 0.4) is 0 Å². The van der Waals surface area contributed by atoms with Crippen LogP contribution in [0.5, 0.6) is 5.75 Å². The van der Waals surface area contributed by atoms with Crippen molar-refractivity contribution in [3.63, 3.8) is 0 Å². The molecule has 5 rings (SSSR count). The summed E-state index contributed by atoms with van der Waals surface area (Å²) < 4.78 is 11.6. The Morgan fingerprint density at radius 2 is 1.82 bits per heavy atom. The Bertz CT molecular complexity index is 1600. The van der Waals surface area contributed by atoms with Crippen LogP contribution in [0.15, 0.2) is 60.8 Å². The van der Waals surface area contributed by atoms with Gasteiger partial charge in [-0.3, -0.25) is 4.98 Å². The normalized spacial score (nSPS) is 11.2. The average molecular weight is 529 g/mol. The van der Waals surface area contributed by atoms with Crippen LogP contribution < -0.4 is 4.84 Å². The summed E-state index contributed by atoms with van der Waals surface area (Å²) in [5.41, 5.74) is 7.12. The van der Waals surface area contributed by atoms with Gasteiger partial charge in [0.25, 0.3) is 0 Å². The Hall–Kier alpha value is -4.08. The minimum absolute atomic E-state index is 0.177. The van der Waals surface area contributed by atoms with Crippen molar-refractivity contribution in [3.8, 4) is 16.3 Å². The van der Waals surface area contributed by atoms with Crippen LogP contribution in [0, 0.1) is 13.8 Å². The summed E-state index contributed by atoms with van der Waals surface area (Å²) in [6.07, 6.45) is 1.20. The van der Waals surface area contributed by atoms with Crippen molar-refractivity contribution >= 4 is 38.7 Å². The molecule has 38 heavy (non-hydrogen) atoms. The number of amides is 1. The molecule has 0 N–H and O–H groups in total. The molecular weight excluding hydrogens is 500 g/mol. The van der Waals surface area contributed by atoms with Gasteiger partial charge in [0.2, 0.25) is 0 Å². The highest BCUT2D eigenvalue weighted by molar-refractivity contribution is 7.21. The van der Waals surface area contributed by atoms with Crippen molar-refractivity contribution in [1.29, 1.82) is 0 Å². The number of hydroxylamine groups is 2. The highest BCUT2D eigenvalue weighted by Crippen LogP contribution is 2.37. The number of hydrogen-bond acceptors (Lipinski definition) is 8. The van der Waals surface area contributed by atoms with E-state index in [1.807, 2.05) is 69.3 Å². The average Bonchev–Trinajstić information content (AvgIpc) is 3.35. The third-order valence-electron chi connectivity index (χ3n) is 5.93. The molecular formula is C29H28N4O4S. The summed E-state index contributed by atoms with van der Waals surface area (Å²) in [4.78, 5) is 32.9. The molecule has 5 aromatic rings. The first-order valence-electron chi connectivity index (χ1n) is 12.3. The molecule has 0 spiro atoms. The minimum Gasteiger partial charge on any atom is -0.442 e. The Labute approximate surface area is 224 Å². The number of rotatable bonds is 8. The first-order valence-corrected chi connectivity index (χ1v) is 13.1. The van der Waals surface area contributed by atoms with Crippen molar-refractivity contribution in [1.82, 2.24) is 20.0 Å². The number of carbonyl (C=O) groups is 1. The molecule has 0 aliphatic carbocycles. The maximum Gasteiger partial charge on any atom is 0.443 e. The lowest BCUT2D eigenvalue weighted by Gasteiger charge is -2.20. The second-order valence-electron chi connectivity index (χ2n) is 8.91. The molecule has 8 nitrogen and oxygen atoms in total. The zero-order valence-electron chi connectivity index (χ0n) is 21.7. The van der Waals surface area contributed by atoms with Gasteiger partial charge in [-0.25, -0.2) is 14.8 Å². The maximum absolute atomic E-state index is 12.7. The molecule has 2 aromatic heterocycles. The largest absolute Gasteiger partial charge is 0.443 e. The maximum atomic E-state index is 12.7. The number of hydrogen-bond donors (Lipinski definition) is 0. The lowest BCUT2D eigenvalue weighted by Crippen LogP contribution is -2.34. The molecule has 0 atom stereocenters. The lowest BCUT2D eigenvalue weighted by atomic mass is 10.1. The summed E-state index contributed by atoms with van der Waals surface area (Å²) in [6.45, 7) is 6.77.